The fraction of sp³-hybridized carbons (Fsp3) is 0.353. The third kappa shape index (κ3) is 4.24. The zero-order chi connectivity index (χ0) is 19.4. The minimum Gasteiger partial charge on any atom is -0.508 e. The van der Waals surface area contributed by atoms with Crippen molar-refractivity contribution in [2.75, 3.05) is 0 Å². The predicted octanol–water partition coefficient (Wildman–Crippen LogP) is 0.562. The number of imide groups is 2. The fourth-order valence-corrected chi connectivity index (χ4v) is 2.47. The first-order valence-electron chi connectivity index (χ1n) is 7.92. The zero-order valence-corrected chi connectivity index (χ0v) is 14.2. The highest BCUT2D eigenvalue weighted by Gasteiger charge is 2.40. The molecule has 0 spiro atoms. The Balaban J connectivity index is 2.18. The lowest BCUT2D eigenvalue weighted by atomic mass is 10.0. The van der Waals surface area contributed by atoms with Gasteiger partial charge in [0.15, 0.2) is 12.0 Å². The number of hydrogen-bond donors (Lipinski definition) is 3. The van der Waals surface area contributed by atoms with E-state index in [-0.39, 0.29) is 12.2 Å². The highest BCUT2D eigenvalue weighted by molar-refractivity contribution is 6.23. The molecule has 138 valence electrons. The zero-order valence-electron chi connectivity index (χ0n) is 14.2. The number of phenolic OH excluding ortho intramolecular Hbond substituents is 1. The van der Waals surface area contributed by atoms with Crippen LogP contribution in [0, 0.1) is 5.92 Å². The van der Waals surface area contributed by atoms with Crippen LogP contribution < -0.4 is 5.32 Å². The first-order chi connectivity index (χ1) is 12.2. The van der Waals surface area contributed by atoms with E-state index in [1.807, 2.05) is 0 Å². The molecule has 0 bridgehead atoms. The van der Waals surface area contributed by atoms with E-state index in [0.29, 0.717) is 5.56 Å². The van der Waals surface area contributed by atoms with Crippen LogP contribution in [0.2, 0.25) is 0 Å². The number of rotatable bonds is 6. The van der Waals surface area contributed by atoms with E-state index in [1.54, 1.807) is 26.0 Å². The summed E-state index contributed by atoms with van der Waals surface area (Å²) in [6.07, 6.45) is 0.986. The molecule has 9 nitrogen and oxygen atoms in total. The molecule has 2 atom stereocenters. The highest BCUT2D eigenvalue weighted by Crippen LogP contribution is 2.15. The average Bonchev–Trinajstić information content (AvgIpc) is 2.54. The Morgan fingerprint density at radius 3 is 2.42 bits per heavy atom. The Morgan fingerprint density at radius 1 is 1.27 bits per heavy atom. The van der Waals surface area contributed by atoms with E-state index in [0.717, 1.165) is 11.1 Å². The molecule has 0 aliphatic carbocycles. The summed E-state index contributed by atoms with van der Waals surface area (Å²) < 4.78 is 0. The number of nitrogens with one attached hydrogen (secondary N) is 1. The Labute approximate surface area is 149 Å². The number of hydrogen-bond acceptors (Lipinski definition) is 6. The smallest absolute Gasteiger partial charge is 0.331 e. The molecule has 1 aliphatic rings. The number of aliphatic imine (C=N–C) groups is 1. The lowest BCUT2D eigenvalue weighted by molar-refractivity contribution is -0.141. The van der Waals surface area contributed by atoms with E-state index in [2.05, 4.69) is 10.3 Å². The second kappa shape index (κ2) is 7.77. The molecule has 1 saturated heterocycles. The molecule has 3 N–H and O–H groups in total. The van der Waals surface area contributed by atoms with Crippen LogP contribution in [-0.2, 0) is 20.8 Å². The highest BCUT2D eigenvalue weighted by atomic mass is 16.4. The minimum atomic E-state index is -1.36. The molecule has 0 saturated carbocycles. The van der Waals surface area contributed by atoms with E-state index in [1.165, 1.54) is 12.1 Å². The first kappa shape index (κ1) is 19.1. The number of aliphatic carboxylic acids is 1. The number of aromatic hydroxyl groups is 1. The van der Waals surface area contributed by atoms with Crippen molar-refractivity contribution in [2.45, 2.75) is 32.4 Å². The molecule has 2 rings (SSSR count). The first-order valence-corrected chi connectivity index (χ1v) is 7.92. The number of phenols is 1. The van der Waals surface area contributed by atoms with Crippen LogP contribution in [0.25, 0.3) is 0 Å². The number of benzene rings is 1. The maximum atomic E-state index is 12.3. The van der Waals surface area contributed by atoms with Crippen molar-refractivity contribution in [3.05, 3.63) is 29.8 Å². The Hall–Kier alpha value is -3.23. The van der Waals surface area contributed by atoms with Crippen LogP contribution in [0.1, 0.15) is 19.4 Å². The average molecular weight is 361 g/mol. The monoisotopic (exact) mass is 361 g/mol. The summed E-state index contributed by atoms with van der Waals surface area (Å²) in [6.45, 7) is 3.23. The molecule has 1 aromatic carbocycles. The molecule has 1 aliphatic heterocycles. The molecule has 0 unspecified atom stereocenters. The maximum Gasteiger partial charge on any atom is 0.331 e. The van der Waals surface area contributed by atoms with Gasteiger partial charge in [0.25, 0.3) is 0 Å². The van der Waals surface area contributed by atoms with E-state index >= 15 is 0 Å². The molecule has 9 heteroatoms. The topological polar surface area (TPSA) is 136 Å². The van der Waals surface area contributed by atoms with Gasteiger partial charge in [-0.2, -0.15) is 0 Å². The van der Waals surface area contributed by atoms with Gasteiger partial charge in [-0.1, -0.05) is 12.1 Å². The summed E-state index contributed by atoms with van der Waals surface area (Å²) in [5.41, 5.74) is 0.616. The van der Waals surface area contributed by atoms with Gasteiger partial charge in [0.05, 0.1) is 0 Å². The number of nitrogens with zero attached hydrogens (tertiary/aromatic N) is 2. The van der Waals surface area contributed by atoms with Crippen LogP contribution in [0.5, 0.6) is 5.75 Å². The number of carboxylic acids is 1. The van der Waals surface area contributed by atoms with Gasteiger partial charge in [0, 0.05) is 18.7 Å². The fourth-order valence-electron chi connectivity index (χ4n) is 2.47. The quantitative estimate of drug-likeness (QED) is 0.500. The van der Waals surface area contributed by atoms with Crippen molar-refractivity contribution in [1.82, 2.24) is 10.2 Å². The lowest BCUT2D eigenvalue weighted by Gasteiger charge is -2.31. The van der Waals surface area contributed by atoms with E-state index in [9.17, 15) is 29.4 Å². The summed E-state index contributed by atoms with van der Waals surface area (Å²) in [4.78, 5) is 52.2. The minimum absolute atomic E-state index is 0.0153. The number of carbonyl (C=O) groups is 4. The lowest BCUT2D eigenvalue weighted by Crippen LogP contribution is -2.60. The number of carbonyl (C=O) groups excluding carboxylic acids is 3. The van der Waals surface area contributed by atoms with Gasteiger partial charge in [0.1, 0.15) is 5.75 Å². The molecule has 1 heterocycles. The number of barbiturate groups is 1. The molecule has 26 heavy (non-hydrogen) atoms. The van der Waals surface area contributed by atoms with Gasteiger partial charge >= 0.3 is 12.0 Å². The Kier molecular flexibility index (Phi) is 5.71. The summed E-state index contributed by atoms with van der Waals surface area (Å²) in [7, 11) is 0. The molecule has 1 aromatic rings. The Morgan fingerprint density at radius 2 is 1.88 bits per heavy atom. The molecule has 0 radical (unpaired) electrons. The van der Waals surface area contributed by atoms with Crippen LogP contribution in [-0.4, -0.2) is 57.2 Å². The van der Waals surface area contributed by atoms with Crippen LogP contribution in [0.15, 0.2) is 29.3 Å². The molecular weight excluding hydrogens is 342 g/mol. The maximum absolute atomic E-state index is 12.3. The second-order valence-electron chi connectivity index (χ2n) is 6.10. The summed E-state index contributed by atoms with van der Waals surface area (Å²) in [6, 6.07) is 3.46. The van der Waals surface area contributed by atoms with Gasteiger partial charge in [-0.25, -0.2) is 9.59 Å². The number of urea groups is 1. The summed E-state index contributed by atoms with van der Waals surface area (Å²) in [5.74, 6) is -4.13. The van der Waals surface area contributed by atoms with Crippen molar-refractivity contribution in [1.29, 1.82) is 0 Å². The van der Waals surface area contributed by atoms with Gasteiger partial charge < -0.3 is 10.2 Å². The third-order valence-corrected chi connectivity index (χ3v) is 3.82. The number of carboxylic acid groups (broad SMARTS) is 1. The van der Waals surface area contributed by atoms with Crippen LogP contribution in [0.4, 0.5) is 4.79 Å². The molecule has 1 fully saturated rings. The van der Waals surface area contributed by atoms with E-state index in [4.69, 9.17) is 0 Å². The summed E-state index contributed by atoms with van der Waals surface area (Å²) >= 11 is 0. The van der Waals surface area contributed by atoms with E-state index < -0.39 is 41.8 Å². The largest absolute Gasteiger partial charge is 0.508 e. The predicted molar refractivity (Wildman–Crippen MR) is 90.7 cm³/mol. The van der Waals surface area contributed by atoms with Crippen LogP contribution in [0.3, 0.4) is 0 Å². The SMILES string of the molecule is CC(C)N1C(=O)NC(=O)[C@@H](C=N[C@H](Cc2ccc(O)cc2)C(=O)O)C1=O. The normalized spacial score (nSPS) is 19.1. The van der Waals surface area contributed by atoms with Gasteiger partial charge in [0.2, 0.25) is 11.8 Å². The third-order valence-electron chi connectivity index (χ3n) is 3.82. The number of amides is 4. The van der Waals surface area contributed by atoms with Gasteiger partial charge in [-0.15, -0.1) is 0 Å². The van der Waals surface area contributed by atoms with Crippen molar-refractivity contribution < 1.29 is 29.4 Å². The van der Waals surface area contributed by atoms with Gasteiger partial charge in [-0.3, -0.25) is 24.8 Å². The summed E-state index contributed by atoms with van der Waals surface area (Å²) in [5, 5.41) is 20.6. The molecule has 0 aromatic heterocycles. The van der Waals surface area contributed by atoms with Crippen molar-refractivity contribution >= 4 is 30.0 Å². The second-order valence-corrected chi connectivity index (χ2v) is 6.10. The van der Waals surface area contributed by atoms with Crippen molar-refractivity contribution in [3.63, 3.8) is 0 Å². The Bertz CT molecular complexity index is 756. The van der Waals surface area contributed by atoms with Crippen molar-refractivity contribution in [2.24, 2.45) is 10.9 Å². The van der Waals surface area contributed by atoms with Crippen LogP contribution >= 0.6 is 0 Å². The van der Waals surface area contributed by atoms with Crippen molar-refractivity contribution in [3.8, 4) is 5.75 Å². The van der Waals surface area contributed by atoms with Gasteiger partial charge in [-0.05, 0) is 31.5 Å². The standard InChI is InChI=1S/C17H19N3O6/c1-9(2)20-15(23)12(14(22)19-17(20)26)8-18-13(16(24)25)7-10-3-5-11(21)6-4-10/h3-6,8-9,12-13,21H,7H2,1-2H3,(H,24,25)(H,19,22,26)/t12-,13-/m1/s1. The molecular formula is C17H19N3O6. The molecule has 4 amide bonds.